The van der Waals surface area contributed by atoms with E-state index in [0.717, 1.165) is 0 Å². The van der Waals surface area contributed by atoms with Gasteiger partial charge in [0.15, 0.2) is 12.6 Å². The van der Waals surface area contributed by atoms with Crippen molar-refractivity contribution >= 4 is 0 Å². The van der Waals surface area contributed by atoms with Crippen LogP contribution in [-0.4, -0.2) is 95.1 Å². The molecule has 0 radical (unpaired) electrons. The zero-order valence-electron chi connectivity index (χ0n) is 12.3. The van der Waals surface area contributed by atoms with Gasteiger partial charge in [-0.1, -0.05) is 0 Å². The van der Waals surface area contributed by atoms with Crippen LogP contribution in [0.1, 0.15) is 12.8 Å². The highest BCUT2D eigenvalue weighted by molar-refractivity contribution is 4.87. The number of ether oxygens (including phenoxy) is 4. The molecule has 0 amide bonds. The number of aliphatic hydroxyl groups is 5. The molecule has 2 rings (SSSR count). The lowest BCUT2D eigenvalue weighted by atomic mass is 10.00. The molecule has 2 saturated heterocycles. The topological polar surface area (TPSA) is 138 Å². The monoisotopic (exact) mass is 324 g/mol. The molecule has 2 aliphatic heterocycles. The van der Waals surface area contributed by atoms with Crippen molar-refractivity contribution in [2.24, 2.45) is 0 Å². The Morgan fingerprint density at radius 2 is 1.50 bits per heavy atom. The molecule has 4 unspecified atom stereocenters. The summed E-state index contributed by atoms with van der Waals surface area (Å²) in [4.78, 5) is 0. The minimum absolute atomic E-state index is 0.0211. The van der Waals surface area contributed by atoms with E-state index in [2.05, 4.69) is 0 Å². The van der Waals surface area contributed by atoms with Gasteiger partial charge in [-0.2, -0.15) is 0 Å². The quantitative estimate of drug-likeness (QED) is 0.366. The molecule has 9 nitrogen and oxygen atoms in total. The van der Waals surface area contributed by atoms with Crippen molar-refractivity contribution in [3.63, 3.8) is 0 Å². The molecule has 2 heterocycles. The second-order valence-corrected chi connectivity index (χ2v) is 5.51. The molecular formula is C13H24O9. The Labute approximate surface area is 128 Å². The van der Waals surface area contributed by atoms with Crippen LogP contribution in [0, 0.1) is 0 Å². The van der Waals surface area contributed by atoms with Crippen molar-refractivity contribution in [1.29, 1.82) is 0 Å². The van der Waals surface area contributed by atoms with Crippen LogP contribution < -0.4 is 0 Å². The summed E-state index contributed by atoms with van der Waals surface area (Å²) in [6, 6.07) is 0. The van der Waals surface area contributed by atoms with Gasteiger partial charge in [0.05, 0.1) is 25.4 Å². The van der Waals surface area contributed by atoms with Gasteiger partial charge in [-0.05, 0) is 0 Å². The summed E-state index contributed by atoms with van der Waals surface area (Å²) in [7, 11) is 1.43. The third kappa shape index (κ3) is 3.94. The summed E-state index contributed by atoms with van der Waals surface area (Å²) in [5, 5.41) is 48.1. The molecule has 2 fully saturated rings. The van der Waals surface area contributed by atoms with Gasteiger partial charge in [0, 0.05) is 20.0 Å². The fourth-order valence-corrected chi connectivity index (χ4v) is 2.71. The molecule has 22 heavy (non-hydrogen) atoms. The Balaban J connectivity index is 1.99. The first-order valence-corrected chi connectivity index (χ1v) is 7.25. The van der Waals surface area contributed by atoms with Crippen LogP contribution in [0.3, 0.4) is 0 Å². The average Bonchev–Trinajstić information content (AvgIpc) is 2.52. The molecule has 9 heteroatoms. The highest BCUT2D eigenvalue weighted by Gasteiger charge is 2.43. The standard InChI is InChI=1S/C13H24O9/c1-19-10-3-7(17)13(9(5-15)21-10)22-11-2-6(16)12(18)8(4-14)20-11/h6-18H,2-5H2,1H3/t6-,7?,8?,9?,10+,11-,12?,13+/m1/s1. The SMILES string of the molecule is CO[C@@H]1CC(O)[C@H](O[C@@H]2C[C@@H](O)C(O)C(CO)O2)C(CO)O1. The number of rotatable bonds is 5. The first-order chi connectivity index (χ1) is 10.5. The van der Waals surface area contributed by atoms with Crippen molar-refractivity contribution < 1.29 is 44.5 Å². The predicted octanol–water partition coefficient (Wildman–Crippen LogP) is -2.68. The lowest BCUT2D eigenvalue weighted by molar-refractivity contribution is -0.318. The van der Waals surface area contributed by atoms with Gasteiger partial charge in [0.25, 0.3) is 0 Å². The molecule has 0 aromatic carbocycles. The zero-order valence-corrected chi connectivity index (χ0v) is 12.3. The normalized spacial score (nSPS) is 46.6. The van der Waals surface area contributed by atoms with Crippen LogP contribution >= 0.6 is 0 Å². The largest absolute Gasteiger partial charge is 0.394 e. The van der Waals surface area contributed by atoms with Crippen molar-refractivity contribution in [2.45, 2.75) is 62.0 Å². The lowest BCUT2D eigenvalue weighted by Crippen LogP contribution is -2.56. The molecule has 2 aliphatic rings. The van der Waals surface area contributed by atoms with Crippen LogP contribution in [-0.2, 0) is 18.9 Å². The van der Waals surface area contributed by atoms with Crippen molar-refractivity contribution in [3.8, 4) is 0 Å². The highest BCUT2D eigenvalue weighted by Crippen LogP contribution is 2.28. The Bertz CT molecular complexity index is 341. The van der Waals surface area contributed by atoms with Crippen LogP contribution in [0.15, 0.2) is 0 Å². The number of hydrogen-bond acceptors (Lipinski definition) is 9. The molecule has 0 aromatic rings. The minimum atomic E-state index is -1.20. The summed E-state index contributed by atoms with van der Waals surface area (Å²) in [5.41, 5.74) is 0. The summed E-state index contributed by atoms with van der Waals surface area (Å²) < 4.78 is 21.4. The maximum Gasteiger partial charge on any atom is 0.161 e. The minimum Gasteiger partial charge on any atom is -0.394 e. The maximum absolute atomic E-state index is 10.1. The molecule has 130 valence electrons. The van der Waals surface area contributed by atoms with E-state index in [4.69, 9.17) is 24.1 Å². The molecule has 0 bridgehead atoms. The third-order valence-electron chi connectivity index (χ3n) is 3.97. The van der Waals surface area contributed by atoms with E-state index in [-0.39, 0.29) is 19.4 Å². The lowest BCUT2D eigenvalue weighted by Gasteiger charge is -2.42. The fourth-order valence-electron chi connectivity index (χ4n) is 2.71. The van der Waals surface area contributed by atoms with Crippen LogP contribution in [0.2, 0.25) is 0 Å². The fraction of sp³-hybridized carbons (Fsp3) is 1.00. The second kappa shape index (κ2) is 7.95. The summed E-state index contributed by atoms with van der Waals surface area (Å²) >= 11 is 0. The van der Waals surface area contributed by atoms with E-state index < -0.39 is 55.8 Å². The Hall–Kier alpha value is -0.360. The summed E-state index contributed by atoms with van der Waals surface area (Å²) in [5.74, 6) is 0. The van der Waals surface area contributed by atoms with Gasteiger partial charge in [-0.3, -0.25) is 0 Å². The molecule has 8 atom stereocenters. The van der Waals surface area contributed by atoms with Gasteiger partial charge in [-0.25, -0.2) is 0 Å². The van der Waals surface area contributed by atoms with E-state index in [0.29, 0.717) is 0 Å². The van der Waals surface area contributed by atoms with E-state index in [1.807, 2.05) is 0 Å². The van der Waals surface area contributed by atoms with Crippen molar-refractivity contribution in [3.05, 3.63) is 0 Å². The van der Waals surface area contributed by atoms with Crippen LogP contribution in [0.5, 0.6) is 0 Å². The van der Waals surface area contributed by atoms with Gasteiger partial charge in [-0.15, -0.1) is 0 Å². The van der Waals surface area contributed by atoms with E-state index in [1.165, 1.54) is 7.11 Å². The number of methoxy groups -OCH3 is 1. The Morgan fingerprint density at radius 3 is 2.09 bits per heavy atom. The third-order valence-corrected chi connectivity index (χ3v) is 3.97. The Kier molecular flexibility index (Phi) is 6.50. The zero-order chi connectivity index (χ0) is 16.3. The van der Waals surface area contributed by atoms with Gasteiger partial charge in [0.1, 0.15) is 24.4 Å². The first kappa shape index (κ1) is 18.0. The summed E-state index contributed by atoms with van der Waals surface area (Å²) in [6.45, 7) is -0.861. The van der Waals surface area contributed by atoms with Gasteiger partial charge < -0.3 is 44.5 Å². The van der Waals surface area contributed by atoms with Crippen LogP contribution in [0.25, 0.3) is 0 Å². The molecular weight excluding hydrogens is 300 g/mol. The molecule has 0 saturated carbocycles. The molecule has 0 aliphatic carbocycles. The van der Waals surface area contributed by atoms with E-state index in [1.54, 1.807) is 0 Å². The van der Waals surface area contributed by atoms with Crippen molar-refractivity contribution in [1.82, 2.24) is 0 Å². The summed E-state index contributed by atoms with van der Waals surface area (Å²) in [6.07, 6.45) is -7.36. The van der Waals surface area contributed by atoms with Gasteiger partial charge >= 0.3 is 0 Å². The average molecular weight is 324 g/mol. The maximum atomic E-state index is 10.1. The van der Waals surface area contributed by atoms with E-state index >= 15 is 0 Å². The second-order valence-electron chi connectivity index (χ2n) is 5.51. The first-order valence-electron chi connectivity index (χ1n) is 7.25. The smallest absolute Gasteiger partial charge is 0.161 e. The predicted molar refractivity (Wildman–Crippen MR) is 70.6 cm³/mol. The van der Waals surface area contributed by atoms with Gasteiger partial charge in [0.2, 0.25) is 0 Å². The van der Waals surface area contributed by atoms with Crippen LogP contribution in [0.4, 0.5) is 0 Å². The Morgan fingerprint density at radius 1 is 0.909 bits per heavy atom. The number of hydrogen-bond donors (Lipinski definition) is 5. The number of aliphatic hydroxyl groups excluding tert-OH is 5. The molecule has 0 spiro atoms. The van der Waals surface area contributed by atoms with Crippen molar-refractivity contribution in [2.75, 3.05) is 20.3 Å². The highest BCUT2D eigenvalue weighted by atomic mass is 16.7. The molecule has 5 N–H and O–H groups in total. The molecule has 0 aromatic heterocycles. The van der Waals surface area contributed by atoms with E-state index in [9.17, 15) is 20.4 Å².